The van der Waals surface area contributed by atoms with Gasteiger partial charge in [0.15, 0.2) is 0 Å². The number of halogens is 1. The Hall–Kier alpha value is -5.64. The van der Waals surface area contributed by atoms with E-state index in [4.69, 9.17) is 5.73 Å². The van der Waals surface area contributed by atoms with Crippen LogP contribution in [0.4, 0.5) is 17.1 Å². The zero-order valence-electron chi connectivity index (χ0n) is 32.8. The molecule has 2 nitrogen and oxygen atoms in total. The van der Waals surface area contributed by atoms with Gasteiger partial charge >= 0.3 is 0 Å². The molecule has 0 aliphatic heterocycles. The van der Waals surface area contributed by atoms with Gasteiger partial charge in [-0.3, -0.25) is 0 Å². The van der Waals surface area contributed by atoms with Gasteiger partial charge in [-0.15, -0.1) is 0 Å². The summed E-state index contributed by atoms with van der Waals surface area (Å²) in [5.74, 6) is 0. The van der Waals surface area contributed by atoms with Crippen molar-refractivity contribution in [2.45, 2.75) is 52.4 Å². The van der Waals surface area contributed by atoms with Crippen LogP contribution in [-0.2, 0) is 10.8 Å². The molecule has 0 spiro atoms. The molecule has 0 aliphatic carbocycles. The summed E-state index contributed by atoms with van der Waals surface area (Å²) in [7, 11) is 0. The summed E-state index contributed by atoms with van der Waals surface area (Å²) in [6.07, 6.45) is 0. The molecule has 55 heavy (non-hydrogen) atoms. The van der Waals surface area contributed by atoms with E-state index in [0.29, 0.717) is 0 Å². The van der Waals surface area contributed by atoms with Crippen LogP contribution in [0.5, 0.6) is 0 Å². The number of nitrogens with one attached hydrogen (secondary N) is 1. The molecule has 276 valence electrons. The third kappa shape index (κ3) is 10.7. The second-order valence-electron chi connectivity index (χ2n) is 16.0. The van der Waals surface area contributed by atoms with Crippen molar-refractivity contribution in [3.8, 4) is 22.3 Å². The number of nitrogens with two attached hydrogens (primary N) is 1. The summed E-state index contributed by atoms with van der Waals surface area (Å²) in [5, 5.41) is 8.61. The lowest BCUT2D eigenvalue weighted by Crippen LogP contribution is -2.10. The van der Waals surface area contributed by atoms with E-state index >= 15 is 0 Å². The molecule has 0 atom stereocenters. The molecule has 3 N–H and O–H groups in total. The highest BCUT2D eigenvalue weighted by Gasteiger charge is 2.13. The minimum atomic E-state index is 0.181. The Balaban J connectivity index is 0.000000156. The number of anilines is 3. The Labute approximate surface area is 336 Å². The van der Waals surface area contributed by atoms with Crippen molar-refractivity contribution >= 4 is 54.5 Å². The molecule has 0 radical (unpaired) electrons. The molecule has 0 aromatic heterocycles. The molecule has 0 amide bonds. The van der Waals surface area contributed by atoms with Gasteiger partial charge < -0.3 is 11.1 Å². The average Bonchev–Trinajstić information content (AvgIpc) is 3.18. The molecule has 0 unspecified atom stereocenters. The predicted octanol–water partition coefficient (Wildman–Crippen LogP) is 15.4. The summed E-state index contributed by atoms with van der Waals surface area (Å²) in [4.78, 5) is 0. The van der Waals surface area contributed by atoms with Crippen LogP contribution in [0.3, 0.4) is 0 Å². The monoisotopic (exact) mass is 782 g/mol. The molecule has 0 saturated heterocycles. The van der Waals surface area contributed by atoms with Crippen LogP contribution in [-0.4, -0.2) is 0 Å². The third-order valence-corrected chi connectivity index (χ3v) is 10.2. The third-order valence-electron chi connectivity index (χ3n) is 9.71. The van der Waals surface area contributed by atoms with E-state index in [9.17, 15) is 0 Å². The maximum Gasteiger partial charge on any atom is 0.0384 e. The first-order valence-corrected chi connectivity index (χ1v) is 19.7. The standard InChI is InChI=1S/C26H25N.C16H11Br.C10H15N/c1-26(2,3)23-12-16-25(17-13-23)27-24-14-10-20(11-15-24)22-9-8-19-6-4-5-7-21(19)18-22;17-16-9-7-13(8-10-16)15-6-5-12-3-1-2-4-14(12)11-15;1-10(2,3)8-4-6-9(11)7-5-8/h4-18,27H,1-3H3;1-11H;4-7H,11H2,1-3H3. The van der Waals surface area contributed by atoms with Gasteiger partial charge in [-0.1, -0.05) is 179 Å². The summed E-state index contributed by atoms with van der Waals surface area (Å²) in [6.45, 7) is 13.3. The van der Waals surface area contributed by atoms with Crippen LogP contribution in [0.1, 0.15) is 52.7 Å². The topological polar surface area (TPSA) is 38.0 Å². The molecule has 0 saturated carbocycles. The molecule has 0 fully saturated rings. The number of rotatable bonds is 4. The van der Waals surface area contributed by atoms with Gasteiger partial charge in [-0.05, 0) is 126 Å². The van der Waals surface area contributed by atoms with Gasteiger partial charge in [0.2, 0.25) is 0 Å². The van der Waals surface area contributed by atoms with Crippen molar-refractivity contribution < 1.29 is 0 Å². The Kier molecular flexibility index (Phi) is 12.2. The van der Waals surface area contributed by atoms with Gasteiger partial charge in [0, 0.05) is 21.5 Å². The van der Waals surface area contributed by atoms with E-state index in [0.717, 1.165) is 21.5 Å². The highest BCUT2D eigenvalue weighted by Crippen LogP contribution is 2.29. The number of benzene rings is 8. The van der Waals surface area contributed by atoms with Crippen LogP contribution < -0.4 is 11.1 Å². The lowest BCUT2D eigenvalue weighted by atomic mass is 9.87. The first kappa shape index (κ1) is 39.1. The van der Waals surface area contributed by atoms with E-state index in [1.165, 1.54) is 54.9 Å². The Bertz CT molecular complexity index is 2450. The van der Waals surface area contributed by atoms with Gasteiger partial charge in [-0.2, -0.15) is 0 Å². The molecule has 8 rings (SSSR count). The van der Waals surface area contributed by atoms with Crippen LogP contribution >= 0.6 is 15.9 Å². The van der Waals surface area contributed by atoms with Crippen molar-refractivity contribution in [3.63, 3.8) is 0 Å². The summed E-state index contributed by atoms with van der Waals surface area (Å²) in [6, 6.07) is 63.9. The van der Waals surface area contributed by atoms with Crippen LogP contribution in [0.25, 0.3) is 43.8 Å². The zero-order chi connectivity index (χ0) is 39.0. The van der Waals surface area contributed by atoms with Gasteiger partial charge in [0.05, 0.1) is 0 Å². The second-order valence-corrected chi connectivity index (χ2v) is 16.9. The summed E-state index contributed by atoms with van der Waals surface area (Å²) >= 11 is 3.46. The van der Waals surface area contributed by atoms with E-state index in [1.807, 2.05) is 12.1 Å². The zero-order valence-corrected chi connectivity index (χ0v) is 34.4. The second kappa shape index (κ2) is 17.2. The van der Waals surface area contributed by atoms with Crippen LogP contribution in [0, 0.1) is 0 Å². The molecule has 0 bridgehead atoms. The van der Waals surface area contributed by atoms with Crippen LogP contribution in [0.2, 0.25) is 0 Å². The fourth-order valence-corrected chi connectivity index (χ4v) is 6.59. The molecular weight excluding hydrogens is 732 g/mol. The maximum atomic E-state index is 5.57. The fraction of sp³-hybridized carbons (Fsp3) is 0.154. The maximum absolute atomic E-state index is 5.57. The molecule has 0 aliphatic rings. The first-order chi connectivity index (χ1) is 26.3. The van der Waals surface area contributed by atoms with Crippen molar-refractivity contribution in [3.05, 3.63) is 198 Å². The predicted molar refractivity (Wildman–Crippen MR) is 244 cm³/mol. The fourth-order valence-electron chi connectivity index (χ4n) is 6.33. The molecule has 8 aromatic rings. The highest BCUT2D eigenvalue weighted by molar-refractivity contribution is 9.10. The molecule has 0 heterocycles. The number of nitrogen functional groups attached to an aromatic ring is 1. The molecular formula is C52H51BrN2. The van der Waals surface area contributed by atoms with E-state index in [2.05, 4.69) is 233 Å². The van der Waals surface area contributed by atoms with Crippen LogP contribution in [0.15, 0.2) is 186 Å². The number of hydrogen-bond donors (Lipinski definition) is 2. The van der Waals surface area contributed by atoms with Crippen molar-refractivity contribution in [2.75, 3.05) is 11.1 Å². The van der Waals surface area contributed by atoms with Gasteiger partial charge in [0.1, 0.15) is 0 Å². The van der Waals surface area contributed by atoms with Crippen molar-refractivity contribution in [1.82, 2.24) is 0 Å². The average molecular weight is 784 g/mol. The minimum Gasteiger partial charge on any atom is -0.399 e. The van der Waals surface area contributed by atoms with Crippen molar-refractivity contribution in [2.24, 2.45) is 0 Å². The van der Waals surface area contributed by atoms with E-state index < -0.39 is 0 Å². The van der Waals surface area contributed by atoms with Gasteiger partial charge in [0.25, 0.3) is 0 Å². The van der Waals surface area contributed by atoms with Gasteiger partial charge in [-0.25, -0.2) is 0 Å². The Morgan fingerprint density at radius 2 is 0.727 bits per heavy atom. The lowest BCUT2D eigenvalue weighted by Gasteiger charge is -2.19. The van der Waals surface area contributed by atoms with E-state index in [1.54, 1.807) is 0 Å². The minimum absolute atomic E-state index is 0.181. The number of hydrogen-bond acceptors (Lipinski definition) is 2. The lowest BCUT2D eigenvalue weighted by molar-refractivity contribution is 0.590. The Morgan fingerprint density at radius 1 is 0.382 bits per heavy atom. The van der Waals surface area contributed by atoms with Crippen molar-refractivity contribution in [1.29, 1.82) is 0 Å². The first-order valence-electron chi connectivity index (χ1n) is 18.9. The number of fused-ring (bicyclic) bond motifs is 2. The summed E-state index contributed by atoms with van der Waals surface area (Å²) < 4.78 is 1.11. The quantitative estimate of drug-likeness (QED) is 0.175. The largest absolute Gasteiger partial charge is 0.399 e. The SMILES string of the molecule is Brc1ccc(-c2ccc3ccccc3c2)cc1.CC(C)(C)c1ccc(N)cc1.CC(C)(C)c1ccc(Nc2ccc(-c3ccc4ccccc4c3)cc2)cc1. The molecule has 8 aromatic carbocycles. The summed E-state index contributed by atoms with van der Waals surface area (Å²) in [5.41, 5.74) is 16.7. The Morgan fingerprint density at radius 3 is 1.15 bits per heavy atom. The smallest absolute Gasteiger partial charge is 0.0384 e. The molecule has 3 heteroatoms. The van der Waals surface area contributed by atoms with E-state index in [-0.39, 0.29) is 10.8 Å². The highest BCUT2D eigenvalue weighted by atomic mass is 79.9. The normalized spacial score (nSPS) is 11.3.